The summed E-state index contributed by atoms with van der Waals surface area (Å²) >= 11 is 6.28. The van der Waals surface area contributed by atoms with E-state index in [0.717, 1.165) is 24.0 Å². The second-order valence-electron chi connectivity index (χ2n) is 6.23. The lowest BCUT2D eigenvalue weighted by molar-refractivity contribution is -0.118. The highest BCUT2D eigenvalue weighted by Crippen LogP contribution is 2.51. The maximum absolute atomic E-state index is 12.9. The second-order valence-corrected chi connectivity index (χ2v) is 6.63. The average Bonchev–Trinajstić information content (AvgIpc) is 3.32. The topological polar surface area (TPSA) is 58.2 Å². The van der Waals surface area contributed by atoms with Gasteiger partial charge in [0.15, 0.2) is 0 Å². The van der Waals surface area contributed by atoms with Crippen LogP contribution in [0.25, 0.3) is 0 Å². The monoisotopic (exact) mass is 342 g/mol. The van der Waals surface area contributed by atoms with Crippen LogP contribution in [0.5, 0.6) is 0 Å². The van der Waals surface area contributed by atoms with Gasteiger partial charge in [-0.25, -0.2) is 0 Å². The average molecular weight is 343 g/mol. The van der Waals surface area contributed by atoms with Gasteiger partial charge < -0.3 is 10.6 Å². The van der Waals surface area contributed by atoms with E-state index in [9.17, 15) is 9.59 Å². The Hall–Kier alpha value is -2.33. The molecule has 0 aromatic heterocycles. The molecule has 0 atom stereocenters. The molecular weight excluding hydrogens is 324 g/mol. The summed E-state index contributed by atoms with van der Waals surface area (Å²) in [5.74, 6) is -0.204. The van der Waals surface area contributed by atoms with Crippen LogP contribution < -0.4 is 10.6 Å². The number of nitrogens with one attached hydrogen (secondary N) is 2. The molecule has 0 radical (unpaired) electrons. The van der Waals surface area contributed by atoms with E-state index >= 15 is 0 Å². The lowest BCUT2D eigenvalue weighted by atomic mass is 9.94. The zero-order chi connectivity index (χ0) is 17.3. The summed E-state index contributed by atoms with van der Waals surface area (Å²) in [6.45, 7) is 3.37. The van der Waals surface area contributed by atoms with Gasteiger partial charge in [0.1, 0.15) is 0 Å². The van der Waals surface area contributed by atoms with Crippen molar-refractivity contribution in [2.75, 3.05) is 10.6 Å². The molecular formula is C19H19ClN2O2. The Morgan fingerprint density at radius 3 is 2.42 bits per heavy atom. The molecule has 2 amide bonds. The summed E-state index contributed by atoms with van der Waals surface area (Å²) < 4.78 is 0. The van der Waals surface area contributed by atoms with Crippen LogP contribution in [0.3, 0.4) is 0 Å². The molecule has 1 aliphatic carbocycles. The fraction of sp³-hybridized carbons (Fsp3) is 0.263. The Bertz CT molecular complexity index is 813. The number of carbonyl (C=O) groups excluding carboxylic acids is 2. The Balaban J connectivity index is 1.85. The van der Waals surface area contributed by atoms with Crippen molar-refractivity contribution in [2.24, 2.45) is 0 Å². The highest BCUT2D eigenvalue weighted by Gasteiger charge is 2.52. The van der Waals surface area contributed by atoms with Crippen LogP contribution in [-0.4, -0.2) is 11.8 Å². The first-order valence-corrected chi connectivity index (χ1v) is 8.25. The Morgan fingerprint density at radius 1 is 1.08 bits per heavy atom. The van der Waals surface area contributed by atoms with Crippen LogP contribution in [-0.2, 0) is 15.0 Å². The summed E-state index contributed by atoms with van der Waals surface area (Å²) in [5, 5.41) is 6.35. The molecule has 3 rings (SSSR count). The molecule has 1 saturated carbocycles. The summed E-state index contributed by atoms with van der Waals surface area (Å²) in [5.41, 5.74) is 2.62. The molecule has 0 bridgehead atoms. The number of hydrogen-bond acceptors (Lipinski definition) is 2. The quantitative estimate of drug-likeness (QED) is 0.871. The highest BCUT2D eigenvalue weighted by atomic mass is 35.5. The minimum atomic E-state index is -0.547. The van der Waals surface area contributed by atoms with E-state index in [4.69, 9.17) is 11.6 Å². The van der Waals surface area contributed by atoms with Gasteiger partial charge in [-0.1, -0.05) is 35.9 Å². The van der Waals surface area contributed by atoms with Crippen LogP contribution in [0.4, 0.5) is 11.4 Å². The predicted molar refractivity (Wildman–Crippen MR) is 96.5 cm³/mol. The molecule has 0 saturated heterocycles. The maximum Gasteiger partial charge on any atom is 0.235 e. The first kappa shape index (κ1) is 16.5. The summed E-state index contributed by atoms with van der Waals surface area (Å²) in [6, 6.07) is 12.9. The summed E-state index contributed by atoms with van der Waals surface area (Å²) in [4.78, 5) is 24.1. The second kappa shape index (κ2) is 6.29. The number of carbonyl (C=O) groups is 2. The van der Waals surface area contributed by atoms with Gasteiger partial charge in [-0.3, -0.25) is 9.59 Å². The van der Waals surface area contributed by atoms with Gasteiger partial charge in [0.25, 0.3) is 0 Å². The fourth-order valence-corrected chi connectivity index (χ4v) is 3.19. The van der Waals surface area contributed by atoms with Gasteiger partial charge >= 0.3 is 0 Å². The molecule has 0 spiro atoms. The number of amides is 2. The fourth-order valence-electron chi connectivity index (χ4n) is 2.87. The maximum atomic E-state index is 12.9. The largest absolute Gasteiger partial charge is 0.326 e. The van der Waals surface area contributed by atoms with Crippen molar-refractivity contribution < 1.29 is 9.59 Å². The third-order valence-corrected chi connectivity index (χ3v) is 4.71. The molecule has 2 aromatic carbocycles. The number of rotatable bonds is 4. The van der Waals surface area contributed by atoms with Crippen molar-refractivity contribution in [2.45, 2.75) is 32.1 Å². The Kier molecular flexibility index (Phi) is 4.33. The minimum absolute atomic E-state index is 0.0568. The Morgan fingerprint density at radius 2 is 1.79 bits per heavy atom. The smallest absolute Gasteiger partial charge is 0.235 e. The molecule has 24 heavy (non-hydrogen) atoms. The van der Waals surface area contributed by atoms with Crippen LogP contribution in [0.1, 0.15) is 30.9 Å². The van der Waals surface area contributed by atoms with Gasteiger partial charge in [-0.15, -0.1) is 0 Å². The van der Waals surface area contributed by atoms with Crippen molar-refractivity contribution in [3.8, 4) is 0 Å². The van der Waals surface area contributed by atoms with Crippen LogP contribution in [0.2, 0.25) is 5.02 Å². The normalized spacial score (nSPS) is 14.8. The summed E-state index contributed by atoms with van der Waals surface area (Å²) in [7, 11) is 0. The first-order chi connectivity index (χ1) is 11.4. The molecule has 0 unspecified atom stereocenters. The zero-order valence-electron chi connectivity index (χ0n) is 13.7. The molecule has 2 aromatic rings. The number of benzene rings is 2. The minimum Gasteiger partial charge on any atom is -0.326 e. The standard InChI is InChI=1S/C19H19ClN2O2/c1-12-7-8-14(21-13(2)23)11-17(12)22-18(24)19(9-10-19)15-5-3-4-6-16(15)20/h3-8,11H,9-10H2,1-2H3,(H,21,23)(H,22,24). The van der Waals surface area contributed by atoms with E-state index in [2.05, 4.69) is 10.6 Å². The van der Waals surface area contributed by atoms with Gasteiger partial charge in [0, 0.05) is 23.3 Å². The van der Waals surface area contributed by atoms with E-state index in [0.29, 0.717) is 16.4 Å². The van der Waals surface area contributed by atoms with Gasteiger partial charge in [-0.05, 0) is 49.1 Å². The third-order valence-electron chi connectivity index (χ3n) is 4.38. The number of hydrogen-bond donors (Lipinski definition) is 2. The van der Waals surface area contributed by atoms with Crippen LogP contribution in [0, 0.1) is 6.92 Å². The van der Waals surface area contributed by atoms with Crippen LogP contribution >= 0.6 is 11.6 Å². The molecule has 4 nitrogen and oxygen atoms in total. The van der Waals surface area contributed by atoms with Crippen molar-refractivity contribution in [3.05, 3.63) is 58.6 Å². The molecule has 2 N–H and O–H groups in total. The SMILES string of the molecule is CC(=O)Nc1ccc(C)c(NC(=O)C2(c3ccccc3Cl)CC2)c1. The van der Waals surface area contributed by atoms with E-state index in [1.165, 1.54) is 6.92 Å². The Labute approximate surface area is 146 Å². The molecule has 0 heterocycles. The van der Waals surface area contributed by atoms with E-state index < -0.39 is 5.41 Å². The molecule has 0 aliphatic heterocycles. The van der Waals surface area contributed by atoms with Gasteiger partial charge in [-0.2, -0.15) is 0 Å². The van der Waals surface area contributed by atoms with Crippen molar-refractivity contribution >= 4 is 34.8 Å². The lowest BCUT2D eigenvalue weighted by Crippen LogP contribution is -2.28. The van der Waals surface area contributed by atoms with E-state index in [1.54, 1.807) is 6.07 Å². The zero-order valence-corrected chi connectivity index (χ0v) is 14.4. The molecule has 124 valence electrons. The summed E-state index contributed by atoms with van der Waals surface area (Å²) in [6.07, 6.45) is 1.57. The molecule has 1 fully saturated rings. The van der Waals surface area contributed by atoms with Gasteiger partial charge in [0.2, 0.25) is 11.8 Å². The van der Waals surface area contributed by atoms with Crippen molar-refractivity contribution in [3.63, 3.8) is 0 Å². The van der Waals surface area contributed by atoms with E-state index in [-0.39, 0.29) is 11.8 Å². The number of anilines is 2. The molecule has 5 heteroatoms. The third kappa shape index (κ3) is 3.15. The lowest BCUT2D eigenvalue weighted by Gasteiger charge is -2.18. The highest BCUT2D eigenvalue weighted by molar-refractivity contribution is 6.32. The predicted octanol–water partition coefficient (Wildman–Crippen LogP) is 4.28. The number of aryl methyl sites for hydroxylation is 1. The first-order valence-electron chi connectivity index (χ1n) is 7.87. The number of halogens is 1. The van der Waals surface area contributed by atoms with Gasteiger partial charge in [0.05, 0.1) is 5.41 Å². The van der Waals surface area contributed by atoms with E-state index in [1.807, 2.05) is 43.3 Å². The van der Waals surface area contributed by atoms with Crippen molar-refractivity contribution in [1.29, 1.82) is 0 Å². The van der Waals surface area contributed by atoms with Crippen molar-refractivity contribution in [1.82, 2.24) is 0 Å². The van der Waals surface area contributed by atoms with Crippen LogP contribution in [0.15, 0.2) is 42.5 Å². The molecule has 1 aliphatic rings.